The van der Waals surface area contributed by atoms with Crippen LogP contribution in [0.3, 0.4) is 0 Å². The lowest BCUT2D eigenvalue weighted by Crippen LogP contribution is -2.45. The Morgan fingerprint density at radius 1 is 1.38 bits per heavy atom. The standard InChI is InChI=1S/C16H24N2O5S/c1-22-9-10-24(20,21)18-8-4-5-13(12-18)16(19)17-14-6-3-7-15(11-14)23-2/h3,6-7,11,13H,4-5,8-10,12H2,1-2H3,(H,17,19). The van der Waals surface area contributed by atoms with E-state index in [1.165, 1.54) is 11.4 Å². The topological polar surface area (TPSA) is 84.9 Å². The first-order chi connectivity index (χ1) is 11.5. The van der Waals surface area contributed by atoms with E-state index >= 15 is 0 Å². The minimum atomic E-state index is -3.39. The summed E-state index contributed by atoms with van der Waals surface area (Å²) in [6.07, 6.45) is 1.34. The van der Waals surface area contributed by atoms with E-state index in [-0.39, 0.29) is 30.7 Å². The number of ether oxygens (including phenoxy) is 2. The number of piperidine rings is 1. The summed E-state index contributed by atoms with van der Waals surface area (Å²) < 4.78 is 35.9. The maximum Gasteiger partial charge on any atom is 0.228 e. The van der Waals surface area contributed by atoms with Crippen molar-refractivity contribution in [2.24, 2.45) is 5.92 Å². The molecule has 0 aliphatic carbocycles. The number of nitrogens with one attached hydrogen (secondary N) is 1. The van der Waals surface area contributed by atoms with Gasteiger partial charge >= 0.3 is 0 Å². The Kier molecular flexibility index (Phi) is 6.59. The van der Waals surface area contributed by atoms with Crippen LogP contribution in [0.15, 0.2) is 24.3 Å². The van der Waals surface area contributed by atoms with E-state index in [2.05, 4.69) is 5.32 Å². The van der Waals surface area contributed by atoms with Gasteiger partial charge in [-0.2, -0.15) is 0 Å². The Hall–Kier alpha value is -1.64. The molecule has 1 unspecified atom stereocenters. The highest BCUT2D eigenvalue weighted by atomic mass is 32.2. The van der Waals surface area contributed by atoms with Gasteiger partial charge in [0.2, 0.25) is 15.9 Å². The van der Waals surface area contributed by atoms with Crippen molar-refractivity contribution in [3.05, 3.63) is 24.3 Å². The van der Waals surface area contributed by atoms with Gasteiger partial charge in [0, 0.05) is 32.0 Å². The van der Waals surface area contributed by atoms with Crippen LogP contribution in [0.2, 0.25) is 0 Å². The molecule has 2 rings (SSSR count). The summed E-state index contributed by atoms with van der Waals surface area (Å²) in [6, 6.07) is 7.08. The summed E-state index contributed by atoms with van der Waals surface area (Å²) in [5.41, 5.74) is 0.638. The monoisotopic (exact) mass is 356 g/mol. The summed E-state index contributed by atoms with van der Waals surface area (Å²) in [5, 5.41) is 2.84. The average molecular weight is 356 g/mol. The normalized spacial score (nSPS) is 19.0. The van der Waals surface area contributed by atoms with Gasteiger partial charge in [-0.15, -0.1) is 0 Å². The highest BCUT2D eigenvalue weighted by molar-refractivity contribution is 7.89. The molecule has 0 aromatic heterocycles. The predicted molar refractivity (Wildman–Crippen MR) is 91.6 cm³/mol. The van der Waals surface area contributed by atoms with Gasteiger partial charge in [-0.3, -0.25) is 4.79 Å². The zero-order valence-corrected chi connectivity index (χ0v) is 14.8. The predicted octanol–water partition coefficient (Wildman–Crippen LogP) is 1.32. The van der Waals surface area contributed by atoms with Crippen molar-refractivity contribution >= 4 is 21.6 Å². The zero-order chi connectivity index (χ0) is 17.6. The van der Waals surface area contributed by atoms with E-state index in [1.54, 1.807) is 31.4 Å². The molecule has 1 aromatic rings. The number of sulfonamides is 1. The van der Waals surface area contributed by atoms with Crippen molar-refractivity contribution in [1.82, 2.24) is 4.31 Å². The van der Waals surface area contributed by atoms with Crippen LogP contribution in [0.5, 0.6) is 5.75 Å². The van der Waals surface area contributed by atoms with Gasteiger partial charge in [0.05, 0.1) is 25.4 Å². The molecule has 1 aliphatic heterocycles. The molecule has 1 fully saturated rings. The molecule has 1 heterocycles. The van der Waals surface area contributed by atoms with Crippen LogP contribution in [-0.4, -0.2) is 58.3 Å². The minimum absolute atomic E-state index is 0.0618. The molecule has 1 N–H and O–H groups in total. The molecule has 0 radical (unpaired) electrons. The van der Waals surface area contributed by atoms with Crippen LogP contribution in [0.25, 0.3) is 0 Å². The fourth-order valence-electron chi connectivity index (χ4n) is 2.67. The highest BCUT2D eigenvalue weighted by Gasteiger charge is 2.32. The Labute approximate surface area is 143 Å². The van der Waals surface area contributed by atoms with Crippen LogP contribution >= 0.6 is 0 Å². The Morgan fingerprint density at radius 2 is 2.17 bits per heavy atom. The van der Waals surface area contributed by atoms with Gasteiger partial charge in [0.25, 0.3) is 0 Å². The van der Waals surface area contributed by atoms with Crippen LogP contribution in [0.4, 0.5) is 5.69 Å². The largest absolute Gasteiger partial charge is 0.497 e. The summed E-state index contributed by atoms with van der Waals surface area (Å²) in [5.74, 6) is 0.0608. The van der Waals surface area contributed by atoms with Gasteiger partial charge in [-0.05, 0) is 25.0 Å². The van der Waals surface area contributed by atoms with E-state index in [9.17, 15) is 13.2 Å². The molecule has 0 bridgehead atoms. The number of benzene rings is 1. The molecule has 1 atom stereocenters. The van der Waals surface area contributed by atoms with E-state index in [1.807, 2.05) is 0 Å². The molecule has 0 saturated carbocycles. The first-order valence-corrected chi connectivity index (χ1v) is 9.49. The molecular formula is C16H24N2O5S. The smallest absolute Gasteiger partial charge is 0.228 e. The van der Waals surface area contributed by atoms with E-state index in [0.717, 1.165) is 0 Å². The zero-order valence-electron chi connectivity index (χ0n) is 14.0. The third-order valence-corrected chi connectivity index (χ3v) is 5.83. The lowest BCUT2D eigenvalue weighted by atomic mass is 9.98. The fraction of sp³-hybridized carbons (Fsp3) is 0.562. The van der Waals surface area contributed by atoms with Crippen LogP contribution in [-0.2, 0) is 19.6 Å². The second kappa shape index (κ2) is 8.46. The molecule has 1 amide bonds. The molecule has 1 aliphatic rings. The van der Waals surface area contributed by atoms with Crippen LogP contribution in [0.1, 0.15) is 12.8 Å². The lowest BCUT2D eigenvalue weighted by molar-refractivity contribution is -0.120. The number of hydrogen-bond acceptors (Lipinski definition) is 5. The lowest BCUT2D eigenvalue weighted by Gasteiger charge is -2.31. The third-order valence-electron chi connectivity index (χ3n) is 4.03. The number of methoxy groups -OCH3 is 2. The summed E-state index contributed by atoms with van der Waals surface area (Å²) >= 11 is 0. The number of rotatable bonds is 7. The number of nitrogens with zero attached hydrogens (tertiary/aromatic N) is 1. The number of carbonyl (C=O) groups is 1. The number of carbonyl (C=O) groups excluding carboxylic acids is 1. The van der Waals surface area contributed by atoms with Crippen molar-refractivity contribution in [1.29, 1.82) is 0 Å². The van der Waals surface area contributed by atoms with Crippen LogP contribution < -0.4 is 10.1 Å². The van der Waals surface area contributed by atoms with Crippen molar-refractivity contribution in [2.75, 3.05) is 45.0 Å². The second-order valence-electron chi connectivity index (χ2n) is 5.73. The van der Waals surface area contributed by atoms with Crippen LogP contribution in [0, 0.1) is 5.92 Å². The van der Waals surface area contributed by atoms with Gasteiger partial charge < -0.3 is 14.8 Å². The first-order valence-electron chi connectivity index (χ1n) is 7.88. The second-order valence-corrected chi connectivity index (χ2v) is 7.82. The summed E-state index contributed by atoms with van der Waals surface area (Å²) in [6.45, 7) is 0.816. The van der Waals surface area contributed by atoms with Gasteiger partial charge in [0.1, 0.15) is 5.75 Å². The fourth-order valence-corrected chi connectivity index (χ4v) is 4.12. The average Bonchev–Trinajstić information content (AvgIpc) is 2.60. The maximum atomic E-state index is 12.5. The molecule has 1 saturated heterocycles. The Bertz CT molecular complexity index is 662. The quantitative estimate of drug-likeness (QED) is 0.796. The Morgan fingerprint density at radius 3 is 2.88 bits per heavy atom. The third kappa shape index (κ3) is 4.93. The molecule has 134 valence electrons. The number of anilines is 1. The van der Waals surface area contributed by atoms with Crippen molar-refractivity contribution in [3.8, 4) is 5.75 Å². The van der Waals surface area contributed by atoms with E-state index < -0.39 is 10.0 Å². The summed E-state index contributed by atoms with van der Waals surface area (Å²) in [7, 11) is -0.358. The first kappa shape index (κ1) is 18.7. The number of amides is 1. The van der Waals surface area contributed by atoms with Gasteiger partial charge in [0.15, 0.2) is 0 Å². The highest BCUT2D eigenvalue weighted by Crippen LogP contribution is 2.22. The SMILES string of the molecule is COCCS(=O)(=O)N1CCCC(C(=O)Nc2cccc(OC)c2)C1. The molecular weight excluding hydrogens is 332 g/mol. The number of hydrogen-bond donors (Lipinski definition) is 1. The molecule has 8 heteroatoms. The van der Waals surface area contributed by atoms with Crippen molar-refractivity contribution in [3.63, 3.8) is 0 Å². The van der Waals surface area contributed by atoms with E-state index in [0.29, 0.717) is 30.8 Å². The summed E-state index contributed by atoms with van der Waals surface area (Å²) in [4.78, 5) is 12.5. The molecule has 1 aromatic carbocycles. The van der Waals surface area contributed by atoms with Gasteiger partial charge in [-0.25, -0.2) is 12.7 Å². The van der Waals surface area contributed by atoms with Crippen molar-refractivity contribution < 1.29 is 22.7 Å². The molecule has 24 heavy (non-hydrogen) atoms. The van der Waals surface area contributed by atoms with E-state index in [4.69, 9.17) is 9.47 Å². The van der Waals surface area contributed by atoms with Crippen molar-refractivity contribution in [2.45, 2.75) is 12.8 Å². The molecule has 7 nitrogen and oxygen atoms in total. The maximum absolute atomic E-state index is 12.5. The molecule has 0 spiro atoms. The minimum Gasteiger partial charge on any atom is -0.497 e. The van der Waals surface area contributed by atoms with Gasteiger partial charge in [-0.1, -0.05) is 6.07 Å². The Balaban J connectivity index is 1.99.